The minimum absolute atomic E-state index is 0. The van der Waals surface area contributed by atoms with Crippen LogP contribution < -0.4 is 9.47 Å². The van der Waals surface area contributed by atoms with Crippen LogP contribution in [0, 0.1) is 21.7 Å². The van der Waals surface area contributed by atoms with Gasteiger partial charge in [-0.2, -0.15) is 0 Å². The van der Waals surface area contributed by atoms with Gasteiger partial charge in [-0.1, -0.05) is 326 Å². The van der Waals surface area contributed by atoms with Crippen LogP contribution in [0.15, 0.2) is 200 Å². The van der Waals surface area contributed by atoms with Gasteiger partial charge in [0.1, 0.15) is 47.1 Å². The fraction of sp³-hybridized carbons (Fsp3) is 0.532. The quantitative estimate of drug-likeness (QED) is 0.0281. The first-order valence-electron chi connectivity index (χ1n) is 39.8. The molecule has 0 heterocycles. The third kappa shape index (κ3) is 49.2. The van der Waals surface area contributed by atoms with Gasteiger partial charge in [0.2, 0.25) is 0 Å². The molecule has 0 fully saturated rings. The van der Waals surface area contributed by atoms with Gasteiger partial charge in [0.05, 0.1) is 28.8 Å². The monoisotopic (exact) mass is 1720 g/mol. The molecule has 0 amide bonds. The molecule has 0 spiro atoms. The van der Waals surface area contributed by atoms with Gasteiger partial charge in [0, 0.05) is 0 Å². The lowest BCUT2D eigenvalue weighted by Gasteiger charge is -2.25. The van der Waals surface area contributed by atoms with Gasteiger partial charge in [-0.15, -0.1) is 0 Å². The Morgan fingerprint density at radius 3 is 1.04 bits per heavy atom. The number of carbonyl (C=O) groups excluding carboxylic acids is 4. The molecule has 0 bridgehead atoms. The molecule has 0 aromatic heterocycles. The normalized spacial score (nSPS) is 11.8. The lowest BCUT2D eigenvalue weighted by Crippen LogP contribution is -2.28. The number of phenolic OH excluding ortho intramolecular Hbond substituents is 3. The van der Waals surface area contributed by atoms with Crippen LogP contribution in [0.4, 0.5) is 0 Å². The second-order valence-electron chi connectivity index (χ2n) is 31.1. The van der Waals surface area contributed by atoms with Crippen LogP contribution in [-0.4, -0.2) is 46.3 Å². The summed E-state index contributed by atoms with van der Waals surface area (Å²) in [6, 6.07) is 64.1. The average molecular weight is 1720 g/mol. The van der Waals surface area contributed by atoms with Gasteiger partial charge in [-0.05, 0) is 280 Å². The highest BCUT2D eigenvalue weighted by molar-refractivity contribution is 5.79. The minimum atomic E-state index is -0.446. The number of benzene rings is 8. The molecule has 9 rings (SSSR count). The van der Waals surface area contributed by atoms with Gasteiger partial charge in [-0.25, -0.2) is 0 Å². The standard InChI is InChI=1S/C18H26O2.C18H20O2.C16H24O2.C15H22O3.3C10H14O.14CH4/c1-5-18(3,4)17(19)20-13(2)15-11-10-14-8-6-7-9-16(14)12-15;1-4-18(2,3)17(19)20-16-12-10-15(11-13-16)14-8-6-5-7-9-14;1-5-10-14(13-11-8-7-9-12-13)18-15(17)16(3,4)6-2;1-6-15(3,4)14(16)18-11(2)12-7-9-13(17-5)10-8-12;2*1-3-8(2)9-4-6-10(11)7-5-9;1-3-8(2)9-5-4-6-10(11)7-9;;;;;;;;;;;;;;/h10-13H,5-9H2,1-4H3;5-13H,4H2,1-3H3;7-9,11-12,14H,5-6,10H2,1-4H3;7-11H,6H2,1-5H3;3*4-8,11H,3H2,1-2H3;14*1H4. The van der Waals surface area contributed by atoms with Crippen molar-refractivity contribution in [2.75, 3.05) is 7.11 Å². The molecule has 12 heteroatoms. The van der Waals surface area contributed by atoms with Gasteiger partial charge in [0.25, 0.3) is 0 Å². The van der Waals surface area contributed by atoms with Crippen molar-refractivity contribution in [2.24, 2.45) is 21.7 Å². The first-order valence-corrected chi connectivity index (χ1v) is 39.8. The van der Waals surface area contributed by atoms with E-state index < -0.39 is 21.7 Å². The van der Waals surface area contributed by atoms with E-state index in [1.807, 2.05) is 236 Å². The maximum Gasteiger partial charge on any atom is 0.316 e. The Morgan fingerprint density at radius 1 is 0.325 bits per heavy atom. The van der Waals surface area contributed by atoms with Crippen molar-refractivity contribution in [3.63, 3.8) is 0 Å². The van der Waals surface area contributed by atoms with Crippen molar-refractivity contribution < 1.29 is 58.2 Å². The Balaban J connectivity index is -0.000000116. The van der Waals surface area contributed by atoms with E-state index >= 15 is 0 Å². The number of carbonyl (C=O) groups is 4. The number of rotatable bonds is 25. The molecule has 8 aromatic rings. The van der Waals surface area contributed by atoms with Crippen molar-refractivity contribution in [3.8, 4) is 39.9 Å². The summed E-state index contributed by atoms with van der Waals surface area (Å²) in [5.41, 5.74) is 10.5. The smallest absolute Gasteiger partial charge is 0.316 e. The minimum Gasteiger partial charge on any atom is -0.508 e. The summed E-state index contributed by atoms with van der Waals surface area (Å²) >= 11 is 0. The Labute approximate surface area is 760 Å². The Morgan fingerprint density at radius 2 is 0.659 bits per heavy atom. The van der Waals surface area contributed by atoms with Crippen LogP contribution >= 0.6 is 0 Å². The second-order valence-corrected chi connectivity index (χ2v) is 31.1. The molecule has 0 saturated heterocycles. The third-order valence-corrected chi connectivity index (χ3v) is 21.1. The molecule has 3 N–H and O–H groups in total. The van der Waals surface area contributed by atoms with E-state index in [0.717, 1.165) is 97.8 Å². The van der Waals surface area contributed by atoms with E-state index in [9.17, 15) is 19.2 Å². The number of hydrogen-bond acceptors (Lipinski definition) is 12. The second kappa shape index (κ2) is 71.2. The zero-order chi connectivity index (χ0) is 81.5. The zero-order valence-corrected chi connectivity index (χ0v) is 70.2. The van der Waals surface area contributed by atoms with Gasteiger partial charge in [0.15, 0.2) is 0 Å². The lowest BCUT2D eigenvalue weighted by molar-refractivity contribution is -0.161. The summed E-state index contributed by atoms with van der Waals surface area (Å²) in [7, 11) is 1.63. The number of fused-ring (bicyclic) bond motifs is 1. The van der Waals surface area contributed by atoms with Crippen molar-refractivity contribution in [3.05, 3.63) is 245 Å². The summed E-state index contributed by atoms with van der Waals surface area (Å²) in [6.45, 7) is 42.3. The van der Waals surface area contributed by atoms with Gasteiger partial charge < -0.3 is 39.0 Å². The van der Waals surface area contributed by atoms with E-state index in [0.29, 0.717) is 40.8 Å². The van der Waals surface area contributed by atoms with Crippen molar-refractivity contribution >= 4 is 23.9 Å². The maximum atomic E-state index is 12.1. The van der Waals surface area contributed by atoms with Gasteiger partial charge >= 0.3 is 23.9 Å². The van der Waals surface area contributed by atoms with Crippen molar-refractivity contribution in [1.29, 1.82) is 0 Å². The number of methoxy groups -OCH3 is 1. The van der Waals surface area contributed by atoms with Crippen LogP contribution in [0.5, 0.6) is 28.7 Å². The first kappa shape index (κ1) is 140. The predicted octanol–water partition coefficient (Wildman–Crippen LogP) is 35.2. The molecule has 12 nitrogen and oxygen atoms in total. The number of esters is 4. The van der Waals surface area contributed by atoms with E-state index in [-0.39, 0.29) is 146 Å². The average Bonchev–Trinajstić information content (AvgIpc) is 0.833. The fourth-order valence-corrected chi connectivity index (χ4v) is 10.5. The SMILES string of the molecule is C.C.C.C.C.C.C.C.C.C.C.C.C.C.CCC(C)(C)C(=O)OC(C)c1ccc(OC)cc1.CCC(C)(C)C(=O)OC(C)c1ccc2c(c1)CCCC2.CCC(C)(C)C(=O)Oc1ccc(-c2ccccc2)cc1.CCC(C)c1ccc(O)cc1.CCC(C)c1ccc(O)cc1.CCC(C)c1cccc(O)c1.CCCC(OC(=O)C(C)(C)CC)c1ccccc1. The van der Waals surface area contributed by atoms with Gasteiger partial charge in [-0.3, -0.25) is 19.2 Å². The summed E-state index contributed by atoms with van der Waals surface area (Å²) < 4.78 is 27.3. The number of ether oxygens (including phenoxy) is 5. The maximum absolute atomic E-state index is 12.1. The molecule has 0 radical (unpaired) electrons. The zero-order valence-electron chi connectivity index (χ0n) is 70.2. The Hall–Kier alpha value is -9.16. The molecule has 0 saturated carbocycles. The molecule has 6 atom stereocenters. The van der Waals surface area contributed by atoms with Crippen molar-refractivity contribution in [1.82, 2.24) is 0 Å². The van der Waals surface area contributed by atoms with E-state index in [1.54, 1.807) is 37.4 Å². The van der Waals surface area contributed by atoms with E-state index in [2.05, 4.69) is 78.8 Å². The number of phenols is 3. The molecular formula is C111H190O12. The highest BCUT2D eigenvalue weighted by Gasteiger charge is 2.32. The van der Waals surface area contributed by atoms with Crippen LogP contribution in [0.25, 0.3) is 11.1 Å². The molecule has 1 aliphatic carbocycles. The van der Waals surface area contributed by atoms with Crippen LogP contribution in [0.2, 0.25) is 0 Å². The van der Waals surface area contributed by atoms with E-state index in [4.69, 9.17) is 39.0 Å². The Bertz CT molecular complexity index is 3830. The summed E-state index contributed by atoms with van der Waals surface area (Å²) in [4.78, 5) is 48.2. The predicted molar refractivity (Wildman–Crippen MR) is 544 cm³/mol. The summed E-state index contributed by atoms with van der Waals surface area (Å²) in [5.74, 6) is 3.62. The van der Waals surface area contributed by atoms with Crippen LogP contribution in [-0.2, 0) is 46.2 Å². The molecule has 706 valence electrons. The third-order valence-electron chi connectivity index (χ3n) is 21.1. The molecule has 6 unspecified atom stereocenters. The van der Waals surface area contributed by atoms with E-state index in [1.165, 1.54) is 47.1 Å². The molecule has 0 aliphatic heterocycles. The number of hydrogen-bond donors (Lipinski definition) is 3. The molecule has 1 aliphatic rings. The summed E-state index contributed by atoms with van der Waals surface area (Å²) in [6.07, 6.45) is 12.8. The number of aromatic hydroxyl groups is 3. The summed E-state index contributed by atoms with van der Waals surface area (Å²) in [5, 5.41) is 27.2. The fourth-order valence-electron chi connectivity index (χ4n) is 10.5. The topological polar surface area (TPSA) is 175 Å². The highest BCUT2D eigenvalue weighted by atomic mass is 16.6. The van der Waals surface area contributed by atoms with Crippen LogP contribution in [0.3, 0.4) is 0 Å². The number of aryl methyl sites for hydroxylation is 2. The Kier molecular flexibility index (Phi) is 80.9. The lowest BCUT2D eigenvalue weighted by atomic mass is 9.89. The van der Waals surface area contributed by atoms with Crippen LogP contribution in [0.1, 0.15) is 401 Å². The molecule has 123 heavy (non-hydrogen) atoms. The first-order chi connectivity index (χ1) is 51.6. The van der Waals surface area contributed by atoms with Crippen molar-refractivity contribution in [2.45, 2.75) is 369 Å². The molecule has 8 aromatic carbocycles. The molecular weight excluding hydrogens is 1530 g/mol. The highest BCUT2D eigenvalue weighted by Crippen LogP contribution is 2.34. The largest absolute Gasteiger partial charge is 0.508 e.